The van der Waals surface area contributed by atoms with Crippen molar-refractivity contribution in [3.63, 3.8) is 0 Å². The zero-order chi connectivity index (χ0) is 43.9. The van der Waals surface area contributed by atoms with E-state index in [-0.39, 0.29) is 82.0 Å². The molecule has 3 aliphatic heterocycles. The molecule has 4 heterocycles. The van der Waals surface area contributed by atoms with Crippen molar-refractivity contribution in [3.8, 4) is 5.75 Å². The van der Waals surface area contributed by atoms with Gasteiger partial charge in [0.05, 0.1) is 65.8 Å². The molecule has 328 valence electrons. The van der Waals surface area contributed by atoms with Crippen molar-refractivity contribution in [1.29, 1.82) is 0 Å². The first-order valence-corrected chi connectivity index (χ1v) is 20.3. The highest BCUT2D eigenvalue weighted by atomic mass is 16.7. The summed E-state index contributed by atoms with van der Waals surface area (Å²) in [7, 11) is 3.71. The number of aromatic hydroxyl groups is 1. The van der Waals surface area contributed by atoms with Gasteiger partial charge in [-0.3, -0.25) is 14.4 Å². The van der Waals surface area contributed by atoms with E-state index >= 15 is 0 Å². The highest BCUT2D eigenvalue weighted by Crippen LogP contribution is 2.45. The maximum Gasteiger partial charge on any atom is 0.202 e. The number of nitrogens with zero attached hydrogens (tertiary/aromatic N) is 1. The second-order valence-corrected chi connectivity index (χ2v) is 17.5. The van der Waals surface area contributed by atoms with Crippen LogP contribution in [0.3, 0.4) is 0 Å². The first-order chi connectivity index (χ1) is 28.0. The van der Waals surface area contributed by atoms with Crippen molar-refractivity contribution in [1.82, 2.24) is 4.90 Å². The molecule has 0 saturated carbocycles. The normalized spacial score (nSPS) is 35.0. The van der Waals surface area contributed by atoms with Crippen LogP contribution < -0.4 is 11.2 Å². The van der Waals surface area contributed by atoms with Crippen LogP contribution in [0.2, 0.25) is 0 Å². The lowest BCUT2D eigenvalue weighted by Gasteiger charge is -2.46. The van der Waals surface area contributed by atoms with Crippen LogP contribution in [0.4, 0.5) is 0 Å². The predicted octanol–water partition coefficient (Wildman–Crippen LogP) is 1.61. The molecule has 7 rings (SSSR count). The first kappa shape index (κ1) is 44.4. The highest BCUT2D eigenvalue weighted by Gasteiger charge is 2.46. The molecular weight excluding hydrogens is 784 g/mol. The lowest BCUT2D eigenvalue weighted by Crippen LogP contribution is -2.60. The van der Waals surface area contributed by atoms with Crippen LogP contribution in [-0.2, 0) is 35.9 Å². The van der Waals surface area contributed by atoms with Gasteiger partial charge in [-0.2, -0.15) is 0 Å². The average molecular weight is 841 g/mol. The fourth-order valence-corrected chi connectivity index (χ4v) is 8.86. The Labute approximate surface area is 346 Å². The van der Waals surface area contributed by atoms with E-state index in [0.29, 0.717) is 0 Å². The van der Waals surface area contributed by atoms with Crippen LogP contribution in [0.15, 0.2) is 33.5 Å². The molecule has 3 saturated heterocycles. The van der Waals surface area contributed by atoms with E-state index in [4.69, 9.17) is 33.8 Å². The molecule has 3 aromatic rings. The lowest BCUT2D eigenvalue weighted by atomic mass is 9.79. The fraction of sp³-hybridized carbons (Fsp3) is 0.605. The van der Waals surface area contributed by atoms with Crippen molar-refractivity contribution < 1.29 is 68.3 Å². The number of ketones is 2. The van der Waals surface area contributed by atoms with Gasteiger partial charge in [0.25, 0.3) is 0 Å². The maximum atomic E-state index is 14.8. The van der Waals surface area contributed by atoms with Gasteiger partial charge in [-0.1, -0.05) is 6.07 Å². The van der Waals surface area contributed by atoms with Crippen molar-refractivity contribution >= 4 is 22.5 Å². The summed E-state index contributed by atoms with van der Waals surface area (Å²) >= 11 is 0. The number of carbonyl (C=O) groups excluding carboxylic acids is 2. The van der Waals surface area contributed by atoms with E-state index in [1.54, 1.807) is 27.7 Å². The first-order valence-electron chi connectivity index (χ1n) is 20.3. The van der Waals surface area contributed by atoms with Gasteiger partial charge < -0.3 is 69.4 Å². The summed E-state index contributed by atoms with van der Waals surface area (Å²) < 4.78 is 36.7. The summed E-state index contributed by atoms with van der Waals surface area (Å²) in [5.74, 6) is -2.36. The Morgan fingerprint density at radius 2 is 1.63 bits per heavy atom. The number of benzene rings is 2. The van der Waals surface area contributed by atoms with E-state index < -0.39 is 101 Å². The summed E-state index contributed by atoms with van der Waals surface area (Å²) in [5, 5.41) is 64.5. The van der Waals surface area contributed by atoms with Crippen LogP contribution in [0.25, 0.3) is 11.0 Å². The molecule has 0 radical (unpaired) electrons. The predicted molar refractivity (Wildman–Crippen MR) is 212 cm³/mol. The van der Waals surface area contributed by atoms with Crippen LogP contribution >= 0.6 is 0 Å². The molecule has 0 amide bonds. The molecule has 14 unspecified atom stereocenters. The smallest absolute Gasteiger partial charge is 0.202 e. The molecule has 1 aromatic heterocycles. The molecule has 0 bridgehead atoms. The van der Waals surface area contributed by atoms with Crippen molar-refractivity contribution in [2.24, 2.45) is 5.73 Å². The minimum absolute atomic E-state index is 0.0515. The number of likely N-dealkylation sites (N-methyl/N-ethyl adjacent to an activating group) is 1. The Kier molecular flexibility index (Phi) is 12.0. The van der Waals surface area contributed by atoms with Gasteiger partial charge in [-0.15, -0.1) is 0 Å². The molecule has 4 aliphatic rings. The third-order valence-electron chi connectivity index (χ3n) is 12.7. The number of hydrogen-bond donors (Lipinski definition) is 7. The fourth-order valence-electron chi connectivity index (χ4n) is 8.86. The van der Waals surface area contributed by atoms with E-state index in [1.807, 2.05) is 19.0 Å². The second kappa shape index (κ2) is 16.2. The molecule has 2 aromatic carbocycles. The van der Waals surface area contributed by atoms with Gasteiger partial charge in [0.15, 0.2) is 29.4 Å². The number of aliphatic hydroxyl groups excluding tert-OH is 4. The molecule has 60 heavy (non-hydrogen) atoms. The molecule has 17 heteroatoms. The Balaban J connectivity index is 1.26. The van der Waals surface area contributed by atoms with Crippen LogP contribution in [0.5, 0.6) is 5.75 Å². The number of aliphatic hydroxyl groups is 5. The van der Waals surface area contributed by atoms with Crippen LogP contribution in [0.1, 0.15) is 116 Å². The molecule has 17 nitrogen and oxygen atoms in total. The number of ether oxygens (including phenoxy) is 5. The lowest BCUT2D eigenvalue weighted by molar-refractivity contribution is -0.287. The van der Waals surface area contributed by atoms with Gasteiger partial charge in [-0.25, -0.2) is 0 Å². The topological polar surface area (TPSA) is 261 Å². The van der Waals surface area contributed by atoms with Gasteiger partial charge >= 0.3 is 0 Å². The van der Waals surface area contributed by atoms with Crippen molar-refractivity contribution in [3.05, 3.63) is 73.6 Å². The number of fused-ring (bicyclic) bond motifs is 4. The molecule has 0 spiro atoms. The molecule has 1 aliphatic carbocycles. The number of phenolic OH excluding ortho intramolecular Hbond substituents is 1. The highest BCUT2D eigenvalue weighted by molar-refractivity contribution is 6.32. The second-order valence-electron chi connectivity index (χ2n) is 17.5. The summed E-state index contributed by atoms with van der Waals surface area (Å²) in [6.45, 7) is 8.96. The summed E-state index contributed by atoms with van der Waals surface area (Å²) in [6, 6.07) is 5.02. The third kappa shape index (κ3) is 7.73. The molecule has 14 atom stereocenters. The third-order valence-corrected chi connectivity index (χ3v) is 12.7. The largest absolute Gasteiger partial charge is 0.507 e. The Morgan fingerprint density at radius 3 is 2.27 bits per heavy atom. The number of nitrogens with two attached hydrogens (primary N) is 1. The summed E-state index contributed by atoms with van der Waals surface area (Å²) in [6.07, 6.45) is -9.10. The number of hydrogen-bond acceptors (Lipinski definition) is 17. The number of carbonyl (C=O) groups is 2. The minimum atomic E-state index is -2.10. The van der Waals surface area contributed by atoms with Gasteiger partial charge in [-0.05, 0) is 79.8 Å². The minimum Gasteiger partial charge on any atom is -0.507 e. The number of phenols is 1. The average Bonchev–Trinajstić information content (AvgIpc) is 3.16. The molecule has 8 N–H and O–H groups in total. The van der Waals surface area contributed by atoms with Gasteiger partial charge in [0.2, 0.25) is 5.78 Å². The standard InChI is InChI=1S/C43H56N2O15/c1-17-35(49)27(48)14-30(57-17)60-39-18(2)56-28(12-25(39)45(7)8)22-9-10-23-33(37(22)51)38(52)34-24(36(23)50)11-21(16-55-31-15-42(5,44)41(53)19(3)58-31)32-26(47)13-29(59-40(32)34)43(6,54)20(4)46/h9-11,13,17-20,25,27-28,30-31,35,39,41,46,48-49,51,53-54H,12,14-16,44H2,1-8H3. The van der Waals surface area contributed by atoms with Crippen LogP contribution in [0, 0.1) is 0 Å². The maximum absolute atomic E-state index is 14.8. The quantitative estimate of drug-likeness (QED) is 0.126. The van der Waals surface area contributed by atoms with Crippen molar-refractivity contribution in [2.45, 2.75) is 152 Å². The zero-order valence-electron chi connectivity index (χ0n) is 34.9. The Morgan fingerprint density at radius 1 is 0.950 bits per heavy atom. The monoisotopic (exact) mass is 840 g/mol. The summed E-state index contributed by atoms with van der Waals surface area (Å²) in [5.41, 5.74) is 1.59. The molecule has 3 fully saturated rings. The Hall–Kier alpha value is -3.69. The zero-order valence-corrected chi connectivity index (χ0v) is 34.9. The molecular formula is C43H56N2O15. The van der Waals surface area contributed by atoms with E-state index in [2.05, 4.69) is 0 Å². The van der Waals surface area contributed by atoms with Gasteiger partial charge in [0.1, 0.15) is 29.3 Å². The van der Waals surface area contributed by atoms with E-state index in [1.165, 1.54) is 32.0 Å². The van der Waals surface area contributed by atoms with Crippen molar-refractivity contribution in [2.75, 3.05) is 14.1 Å². The summed E-state index contributed by atoms with van der Waals surface area (Å²) in [4.78, 5) is 45.2. The van der Waals surface area contributed by atoms with E-state index in [0.717, 1.165) is 6.07 Å². The van der Waals surface area contributed by atoms with Crippen LogP contribution in [-0.4, -0.2) is 134 Å². The Bertz CT molecular complexity index is 2210. The van der Waals surface area contributed by atoms with E-state index in [9.17, 15) is 45.0 Å². The van der Waals surface area contributed by atoms with Gasteiger partial charge in [0, 0.05) is 47.2 Å². The SMILES string of the molecule is CC1OC(OC2C(C)OC(c3ccc4c(c3O)C(=O)c3c(cc(COC5CC(C)(N)C(O)C(C)O5)c5c(=O)cc(C(C)(O)C(C)O)oc35)C4=O)CC2N(C)C)CC(O)C1O. The number of rotatable bonds is 9.